The topological polar surface area (TPSA) is 61.6 Å². The first kappa shape index (κ1) is 12.5. The smallest absolute Gasteiger partial charge is 0.326 e. The Balaban J connectivity index is 2.43. The average Bonchev–Trinajstić information content (AvgIpc) is 2.54. The summed E-state index contributed by atoms with van der Waals surface area (Å²) in [5.74, 6) is 0.0686. The minimum atomic E-state index is -0.878. The summed E-state index contributed by atoms with van der Waals surface area (Å²) < 4.78 is 10.4. The summed E-state index contributed by atoms with van der Waals surface area (Å²) in [4.78, 5) is 11.8. The Morgan fingerprint density at radius 1 is 1.67 bits per heavy atom. The number of carbonyl (C=O) groups excluding carboxylic acids is 1. The van der Waals surface area contributed by atoms with Crippen LogP contribution in [0, 0.1) is 5.92 Å². The van der Waals surface area contributed by atoms with Gasteiger partial charge in [0.25, 0.3) is 0 Å². The fourth-order valence-corrected chi connectivity index (χ4v) is 1.82. The number of hydrogen-bond acceptors (Lipinski definition) is 4. The van der Waals surface area contributed by atoms with Gasteiger partial charge in [-0.1, -0.05) is 13.8 Å². The number of nitrogens with two attached hydrogens (primary N) is 1. The predicted octanol–water partition coefficient (Wildman–Crippen LogP) is 1.08. The Bertz CT molecular complexity index is 220. The molecule has 4 heteroatoms. The Kier molecular flexibility index (Phi) is 4.11. The Hall–Kier alpha value is -0.610. The maximum atomic E-state index is 11.8. The molecule has 0 amide bonds. The second kappa shape index (κ2) is 4.94. The van der Waals surface area contributed by atoms with E-state index < -0.39 is 5.54 Å². The molecule has 0 aromatic rings. The third-order valence-electron chi connectivity index (χ3n) is 2.46. The minimum Gasteiger partial charge on any atom is -0.458 e. The van der Waals surface area contributed by atoms with Gasteiger partial charge in [0.1, 0.15) is 11.6 Å². The highest BCUT2D eigenvalue weighted by Gasteiger charge is 2.33. The van der Waals surface area contributed by atoms with Crippen molar-refractivity contribution in [3.8, 4) is 0 Å². The molecule has 0 aliphatic carbocycles. The van der Waals surface area contributed by atoms with E-state index in [2.05, 4.69) is 0 Å². The van der Waals surface area contributed by atoms with E-state index in [-0.39, 0.29) is 12.1 Å². The van der Waals surface area contributed by atoms with Crippen molar-refractivity contribution >= 4 is 5.97 Å². The molecule has 0 aromatic heterocycles. The summed E-state index contributed by atoms with van der Waals surface area (Å²) in [7, 11) is 0. The van der Waals surface area contributed by atoms with Gasteiger partial charge in [0.05, 0.1) is 13.2 Å². The quantitative estimate of drug-likeness (QED) is 0.713. The molecule has 0 radical (unpaired) electrons. The molecular weight excluding hydrogens is 194 g/mol. The lowest BCUT2D eigenvalue weighted by molar-refractivity contribution is -0.155. The molecule has 1 unspecified atom stereocenters. The number of carbonyl (C=O) groups is 1. The van der Waals surface area contributed by atoms with Crippen LogP contribution in [-0.4, -0.2) is 30.8 Å². The molecule has 1 heterocycles. The number of esters is 1. The lowest BCUT2D eigenvalue weighted by atomic mass is 9.92. The van der Waals surface area contributed by atoms with Crippen LogP contribution in [0.5, 0.6) is 0 Å². The molecule has 0 aromatic carbocycles. The van der Waals surface area contributed by atoms with Crippen LogP contribution in [-0.2, 0) is 14.3 Å². The molecule has 1 fully saturated rings. The van der Waals surface area contributed by atoms with Gasteiger partial charge in [-0.05, 0) is 19.3 Å². The number of ether oxygens (including phenoxy) is 2. The van der Waals surface area contributed by atoms with Crippen molar-refractivity contribution in [2.45, 2.75) is 45.3 Å². The molecule has 2 N–H and O–H groups in total. The van der Waals surface area contributed by atoms with Crippen molar-refractivity contribution in [3.05, 3.63) is 0 Å². The first-order valence-corrected chi connectivity index (χ1v) is 5.49. The summed E-state index contributed by atoms with van der Waals surface area (Å²) in [5, 5.41) is 0. The van der Waals surface area contributed by atoms with Crippen molar-refractivity contribution in [1.29, 1.82) is 0 Å². The van der Waals surface area contributed by atoms with Crippen molar-refractivity contribution < 1.29 is 14.3 Å². The Labute approximate surface area is 91.1 Å². The second-order valence-corrected chi connectivity index (χ2v) is 4.91. The molecule has 4 nitrogen and oxygen atoms in total. The van der Waals surface area contributed by atoms with Gasteiger partial charge in [-0.25, -0.2) is 0 Å². The normalized spacial score (nSPS) is 25.3. The van der Waals surface area contributed by atoms with Crippen LogP contribution in [0.1, 0.15) is 33.6 Å². The van der Waals surface area contributed by atoms with Crippen molar-refractivity contribution in [2.75, 3.05) is 13.2 Å². The summed E-state index contributed by atoms with van der Waals surface area (Å²) in [6.45, 7) is 6.98. The third-order valence-corrected chi connectivity index (χ3v) is 2.46. The Morgan fingerprint density at radius 2 is 2.33 bits per heavy atom. The van der Waals surface area contributed by atoms with Crippen molar-refractivity contribution in [1.82, 2.24) is 0 Å². The standard InChI is InChI=1S/C11H21NO3/c1-8(2)6-11(3,12)10(13)15-9-4-5-14-7-9/h8-9H,4-7,12H2,1-3H3/t9?,11-/m1/s1. The maximum Gasteiger partial charge on any atom is 0.326 e. The van der Waals surface area contributed by atoms with Crippen LogP contribution in [0.2, 0.25) is 0 Å². The van der Waals surface area contributed by atoms with Crippen molar-refractivity contribution in [2.24, 2.45) is 11.7 Å². The number of hydrogen-bond donors (Lipinski definition) is 1. The molecule has 88 valence electrons. The van der Waals surface area contributed by atoms with Crippen LogP contribution in [0.25, 0.3) is 0 Å². The second-order valence-electron chi connectivity index (χ2n) is 4.91. The van der Waals surface area contributed by atoms with E-state index in [1.807, 2.05) is 13.8 Å². The zero-order valence-electron chi connectivity index (χ0n) is 9.79. The lowest BCUT2D eigenvalue weighted by Gasteiger charge is -2.25. The summed E-state index contributed by atoms with van der Waals surface area (Å²) in [5.41, 5.74) is 5.05. The largest absolute Gasteiger partial charge is 0.458 e. The minimum absolute atomic E-state index is 0.104. The van der Waals surface area contributed by atoms with E-state index in [0.717, 1.165) is 6.42 Å². The molecule has 2 atom stereocenters. The van der Waals surface area contributed by atoms with E-state index in [9.17, 15) is 4.79 Å². The molecule has 15 heavy (non-hydrogen) atoms. The highest BCUT2D eigenvalue weighted by Crippen LogP contribution is 2.18. The SMILES string of the molecule is CC(C)C[C@@](C)(N)C(=O)OC1CCOC1. The van der Waals surface area contributed by atoms with Crippen LogP contribution >= 0.6 is 0 Å². The average molecular weight is 215 g/mol. The third kappa shape index (κ3) is 3.80. The van der Waals surface area contributed by atoms with Crippen LogP contribution < -0.4 is 5.73 Å². The van der Waals surface area contributed by atoms with Gasteiger partial charge in [-0.15, -0.1) is 0 Å². The fraction of sp³-hybridized carbons (Fsp3) is 0.909. The van der Waals surface area contributed by atoms with Crippen LogP contribution in [0.4, 0.5) is 0 Å². The van der Waals surface area contributed by atoms with E-state index in [1.54, 1.807) is 6.92 Å². The monoisotopic (exact) mass is 215 g/mol. The lowest BCUT2D eigenvalue weighted by Crippen LogP contribution is -2.48. The zero-order chi connectivity index (χ0) is 11.5. The van der Waals surface area contributed by atoms with Crippen molar-refractivity contribution in [3.63, 3.8) is 0 Å². The summed E-state index contributed by atoms with van der Waals surface area (Å²) in [6.07, 6.45) is 1.32. The summed E-state index contributed by atoms with van der Waals surface area (Å²) in [6, 6.07) is 0. The van der Waals surface area contributed by atoms with E-state index in [4.69, 9.17) is 15.2 Å². The van der Waals surface area contributed by atoms with Crippen LogP contribution in [0.3, 0.4) is 0 Å². The fourth-order valence-electron chi connectivity index (χ4n) is 1.82. The number of rotatable bonds is 4. The molecule has 0 saturated carbocycles. The highest BCUT2D eigenvalue weighted by molar-refractivity contribution is 5.80. The van der Waals surface area contributed by atoms with Gasteiger partial charge in [-0.2, -0.15) is 0 Å². The van der Waals surface area contributed by atoms with Gasteiger partial charge in [0, 0.05) is 6.42 Å². The predicted molar refractivity (Wildman–Crippen MR) is 57.4 cm³/mol. The van der Waals surface area contributed by atoms with E-state index in [0.29, 0.717) is 25.6 Å². The van der Waals surface area contributed by atoms with E-state index in [1.165, 1.54) is 0 Å². The molecule has 0 bridgehead atoms. The zero-order valence-corrected chi connectivity index (χ0v) is 9.79. The molecule has 1 aliphatic rings. The molecular formula is C11H21NO3. The summed E-state index contributed by atoms with van der Waals surface area (Å²) >= 11 is 0. The van der Waals surface area contributed by atoms with Gasteiger partial charge >= 0.3 is 5.97 Å². The molecule has 1 aliphatic heterocycles. The van der Waals surface area contributed by atoms with Crippen LogP contribution in [0.15, 0.2) is 0 Å². The highest BCUT2D eigenvalue weighted by atomic mass is 16.6. The van der Waals surface area contributed by atoms with E-state index >= 15 is 0 Å². The first-order valence-electron chi connectivity index (χ1n) is 5.49. The molecule has 0 spiro atoms. The Morgan fingerprint density at radius 3 is 2.80 bits per heavy atom. The maximum absolute atomic E-state index is 11.8. The van der Waals surface area contributed by atoms with Gasteiger partial charge in [0.15, 0.2) is 0 Å². The van der Waals surface area contributed by atoms with Gasteiger partial charge in [-0.3, -0.25) is 4.79 Å². The first-order chi connectivity index (χ1) is 6.92. The molecule has 1 rings (SSSR count). The van der Waals surface area contributed by atoms with Gasteiger partial charge < -0.3 is 15.2 Å². The molecule has 1 saturated heterocycles. The van der Waals surface area contributed by atoms with Gasteiger partial charge in [0.2, 0.25) is 0 Å².